The van der Waals surface area contributed by atoms with E-state index in [2.05, 4.69) is 17.3 Å². The highest BCUT2D eigenvalue weighted by Gasteiger charge is 2.40. The Hall–Kier alpha value is -1.27. The molecule has 3 heterocycles. The van der Waals surface area contributed by atoms with Crippen LogP contribution in [0.1, 0.15) is 35.6 Å². The zero-order valence-electron chi connectivity index (χ0n) is 15.3. The predicted octanol–water partition coefficient (Wildman–Crippen LogP) is 3.60. The van der Waals surface area contributed by atoms with Gasteiger partial charge < -0.3 is 10.2 Å². The van der Waals surface area contributed by atoms with Crippen LogP contribution in [-0.4, -0.2) is 40.2 Å². The number of fused-ring (bicyclic) bond motifs is 1. The van der Waals surface area contributed by atoms with Crippen LogP contribution in [0.2, 0.25) is 10.0 Å². The second kappa shape index (κ2) is 8.00. The Balaban J connectivity index is 0.00000210. The number of nitrogens with zero attached hydrogens (tertiary/aromatic N) is 3. The summed E-state index contributed by atoms with van der Waals surface area (Å²) in [6.07, 6.45) is 4.65. The number of rotatable bonds is 2. The number of hydrogen-bond donors (Lipinski definition) is 1. The minimum Gasteiger partial charge on any atom is -0.335 e. The number of halogens is 3. The van der Waals surface area contributed by atoms with Gasteiger partial charge in [0, 0.05) is 48.8 Å². The smallest absolute Gasteiger partial charge is 0.228 e. The topological polar surface area (TPSA) is 50.2 Å². The Morgan fingerprint density at radius 3 is 2.78 bits per heavy atom. The highest BCUT2D eigenvalue weighted by molar-refractivity contribution is 6.35. The minimum absolute atomic E-state index is 0. The zero-order chi connectivity index (χ0) is 18.4. The predicted molar refractivity (Wildman–Crippen MR) is 110 cm³/mol. The Kier molecular flexibility index (Phi) is 6.06. The molecule has 2 aliphatic heterocycles. The summed E-state index contributed by atoms with van der Waals surface area (Å²) in [7, 11) is 1.90. The van der Waals surface area contributed by atoms with Crippen LogP contribution < -0.4 is 5.32 Å². The lowest BCUT2D eigenvalue weighted by molar-refractivity contribution is -0.138. The molecule has 3 atom stereocenters. The molecular weight excluding hydrogens is 407 g/mol. The quantitative estimate of drug-likeness (QED) is 0.793. The third-order valence-corrected chi connectivity index (χ3v) is 6.19. The van der Waals surface area contributed by atoms with Gasteiger partial charge in [-0.3, -0.25) is 9.48 Å². The fraction of sp³-hybridized carbons (Fsp3) is 0.474. The highest BCUT2D eigenvalue weighted by atomic mass is 35.5. The second-order valence-corrected chi connectivity index (χ2v) is 8.08. The van der Waals surface area contributed by atoms with Gasteiger partial charge in [-0.15, -0.1) is 12.4 Å². The summed E-state index contributed by atoms with van der Waals surface area (Å²) < 4.78 is 1.79. The van der Waals surface area contributed by atoms with E-state index in [1.807, 2.05) is 30.4 Å². The van der Waals surface area contributed by atoms with Crippen molar-refractivity contribution in [2.24, 2.45) is 13.0 Å². The lowest BCUT2D eigenvalue weighted by atomic mass is 9.87. The Bertz CT molecular complexity index is 853. The number of aromatic nitrogens is 2. The van der Waals surface area contributed by atoms with Crippen LogP contribution in [-0.2, 0) is 18.3 Å². The first-order chi connectivity index (χ1) is 12.5. The maximum absolute atomic E-state index is 13.4. The first kappa shape index (κ1) is 20.5. The van der Waals surface area contributed by atoms with Gasteiger partial charge in [-0.2, -0.15) is 5.10 Å². The first-order valence-corrected chi connectivity index (χ1v) is 9.69. The lowest BCUT2D eigenvalue weighted by Crippen LogP contribution is -2.44. The number of carbonyl (C=O) groups is 1. The minimum atomic E-state index is -0.0747. The summed E-state index contributed by atoms with van der Waals surface area (Å²) in [5, 5.41) is 8.94. The van der Waals surface area contributed by atoms with Gasteiger partial charge in [-0.05, 0) is 42.2 Å². The standard InChI is InChI=1S/C19H22Cl2N4O.ClH/c1-11-18-12(5-14(20)6-17(18)21)3-4-25(11)19(26)16-9-22-8-15(16)13-7-23-24(2)10-13;/h5-7,10-11,15-16,22H,3-4,8-9H2,1-2H3;1H/t11?,15-,16+;/m1./s1. The van der Waals surface area contributed by atoms with Crippen LogP contribution in [0.3, 0.4) is 0 Å². The number of amides is 1. The van der Waals surface area contributed by atoms with Crippen molar-refractivity contribution in [1.29, 1.82) is 0 Å². The van der Waals surface area contributed by atoms with E-state index in [0.29, 0.717) is 23.1 Å². The maximum Gasteiger partial charge on any atom is 0.228 e. The van der Waals surface area contributed by atoms with Crippen molar-refractivity contribution < 1.29 is 4.79 Å². The molecule has 1 aromatic carbocycles. The van der Waals surface area contributed by atoms with Crippen molar-refractivity contribution in [3.05, 3.63) is 51.3 Å². The molecule has 1 saturated heterocycles. The average molecular weight is 430 g/mol. The molecule has 8 heteroatoms. The third-order valence-electron chi connectivity index (χ3n) is 5.65. The molecule has 27 heavy (non-hydrogen) atoms. The molecule has 1 amide bonds. The van der Waals surface area contributed by atoms with Gasteiger partial charge in [0.05, 0.1) is 18.2 Å². The van der Waals surface area contributed by atoms with E-state index in [4.69, 9.17) is 23.2 Å². The fourth-order valence-corrected chi connectivity index (χ4v) is 5.03. The lowest BCUT2D eigenvalue weighted by Gasteiger charge is -2.38. The van der Waals surface area contributed by atoms with Crippen molar-refractivity contribution in [2.45, 2.75) is 25.3 Å². The van der Waals surface area contributed by atoms with E-state index in [9.17, 15) is 4.79 Å². The van der Waals surface area contributed by atoms with Gasteiger partial charge in [0.25, 0.3) is 0 Å². The van der Waals surface area contributed by atoms with Crippen LogP contribution in [0, 0.1) is 5.92 Å². The molecule has 1 N–H and O–H groups in total. The Labute approximate surface area is 175 Å². The molecule has 0 spiro atoms. The summed E-state index contributed by atoms with van der Waals surface area (Å²) in [5.41, 5.74) is 3.29. The molecule has 1 fully saturated rings. The summed E-state index contributed by atoms with van der Waals surface area (Å²) >= 11 is 12.6. The van der Waals surface area contributed by atoms with E-state index in [0.717, 1.165) is 29.7 Å². The molecule has 4 rings (SSSR count). The zero-order valence-corrected chi connectivity index (χ0v) is 17.6. The van der Waals surface area contributed by atoms with Gasteiger partial charge >= 0.3 is 0 Å². The molecule has 2 aromatic rings. The summed E-state index contributed by atoms with van der Waals surface area (Å²) in [6.45, 7) is 4.25. The summed E-state index contributed by atoms with van der Waals surface area (Å²) in [4.78, 5) is 15.4. The van der Waals surface area contributed by atoms with Crippen molar-refractivity contribution in [1.82, 2.24) is 20.0 Å². The second-order valence-electron chi connectivity index (χ2n) is 7.24. The van der Waals surface area contributed by atoms with Crippen LogP contribution in [0.15, 0.2) is 24.5 Å². The molecule has 5 nitrogen and oxygen atoms in total. The van der Waals surface area contributed by atoms with Crippen molar-refractivity contribution in [3.8, 4) is 0 Å². The van der Waals surface area contributed by atoms with Gasteiger partial charge in [-0.1, -0.05) is 23.2 Å². The maximum atomic E-state index is 13.4. The van der Waals surface area contributed by atoms with Gasteiger partial charge in [-0.25, -0.2) is 0 Å². The number of aryl methyl sites for hydroxylation is 1. The molecule has 0 bridgehead atoms. The van der Waals surface area contributed by atoms with E-state index >= 15 is 0 Å². The van der Waals surface area contributed by atoms with Crippen LogP contribution in [0.4, 0.5) is 0 Å². The Morgan fingerprint density at radius 1 is 1.30 bits per heavy atom. The van der Waals surface area contributed by atoms with Gasteiger partial charge in [0.1, 0.15) is 0 Å². The summed E-state index contributed by atoms with van der Waals surface area (Å²) in [6, 6.07) is 3.68. The van der Waals surface area contributed by atoms with Crippen LogP contribution >= 0.6 is 35.6 Å². The van der Waals surface area contributed by atoms with E-state index < -0.39 is 0 Å². The molecule has 146 valence electrons. The summed E-state index contributed by atoms with van der Waals surface area (Å²) in [5.74, 6) is 0.271. The molecular formula is C19H23Cl3N4O. The van der Waals surface area contributed by atoms with Gasteiger partial charge in [0.2, 0.25) is 5.91 Å². The molecule has 0 saturated carbocycles. The molecule has 2 aliphatic rings. The average Bonchev–Trinajstić information content (AvgIpc) is 3.22. The number of hydrogen-bond acceptors (Lipinski definition) is 3. The van der Waals surface area contributed by atoms with Crippen LogP contribution in [0.25, 0.3) is 0 Å². The number of nitrogens with one attached hydrogen (secondary N) is 1. The molecule has 1 unspecified atom stereocenters. The number of benzene rings is 1. The van der Waals surface area contributed by atoms with E-state index in [-0.39, 0.29) is 36.2 Å². The van der Waals surface area contributed by atoms with Crippen LogP contribution in [0.5, 0.6) is 0 Å². The molecule has 0 aliphatic carbocycles. The SMILES string of the molecule is CC1c2c(Cl)cc(Cl)cc2CCN1C(=O)[C@H]1CNC[C@@H]1c1cnn(C)c1.Cl. The van der Waals surface area contributed by atoms with E-state index in [1.165, 1.54) is 0 Å². The first-order valence-electron chi connectivity index (χ1n) is 8.93. The van der Waals surface area contributed by atoms with Gasteiger partial charge in [0.15, 0.2) is 0 Å². The molecule has 1 aromatic heterocycles. The normalized spacial score (nSPS) is 24.4. The van der Waals surface area contributed by atoms with Crippen molar-refractivity contribution in [2.75, 3.05) is 19.6 Å². The highest BCUT2D eigenvalue weighted by Crippen LogP contribution is 2.39. The fourth-order valence-electron chi connectivity index (χ4n) is 4.34. The van der Waals surface area contributed by atoms with E-state index in [1.54, 1.807) is 10.7 Å². The third kappa shape index (κ3) is 3.70. The van der Waals surface area contributed by atoms with Crippen molar-refractivity contribution >= 4 is 41.5 Å². The monoisotopic (exact) mass is 428 g/mol. The largest absolute Gasteiger partial charge is 0.335 e. The molecule has 0 radical (unpaired) electrons. The van der Waals surface area contributed by atoms with Crippen molar-refractivity contribution in [3.63, 3.8) is 0 Å². The number of carbonyl (C=O) groups excluding carboxylic acids is 1. The Morgan fingerprint density at radius 2 is 2.07 bits per heavy atom.